The van der Waals surface area contributed by atoms with Gasteiger partial charge in [-0.05, 0) is 56.2 Å². The molecule has 2 aromatic rings. The Morgan fingerprint density at radius 2 is 1.71 bits per heavy atom. The van der Waals surface area contributed by atoms with E-state index in [4.69, 9.17) is 5.11 Å². The van der Waals surface area contributed by atoms with Crippen molar-refractivity contribution in [2.75, 3.05) is 58.4 Å². The van der Waals surface area contributed by atoms with E-state index in [9.17, 15) is 17.8 Å². The summed E-state index contributed by atoms with van der Waals surface area (Å²) in [5, 5.41) is 12.0. The first kappa shape index (κ1) is 26.7. The maximum absolute atomic E-state index is 13.6. The normalized spacial score (nSPS) is 20.7. The highest BCUT2D eigenvalue weighted by molar-refractivity contribution is 7.86. The van der Waals surface area contributed by atoms with Crippen molar-refractivity contribution in [3.8, 4) is 0 Å². The van der Waals surface area contributed by atoms with Gasteiger partial charge in [0, 0.05) is 56.5 Å². The molecule has 1 aromatic heterocycles. The monoisotopic (exact) mass is 548 g/mol. The van der Waals surface area contributed by atoms with Crippen LogP contribution in [0.1, 0.15) is 54.6 Å². The van der Waals surface area contributed by atoms with Crippen LogP contribution in [0, 0.1) is 12.3 Å². The summed E-state index contributed by atoms with van der Waals surface area (Å²) in [5.74, 6) is -2.28. The summed E-state index contributed by atoms with van der Waals surface area (Å²) in [5.41, 5.74) is 2.90. The number of anilines is 4. The first-order chi connectivity index (χ1) is 18.2. The average molecular weight is 549 g/mol. The van der Waals surface area contributed by atoms with Crippen LogP contribution in [0.2, 0.25) is 0 Å². The summed E-state index contributed by atoms with van der Waals surface area (Å²) in [6.07, 6.45) is 4.17. The predicted octanol–water partition coefficient (Wildman–Crippen LogP) is 3.72. The lowest BCUT2D eigenvalue weighted by atomic mass is 9.93. The number of aryl methyl sites for hydroxylation is 1. The number of carbonyl (C=O) groups excluding carboxylic acids is 1. The van der Waals surface area contributed by atoms with Gasteiger partial charge in [0.15, 0.2) is 0 Å². The molecule has 1 spiro atoms. The number of benzene rings is 1. The zero-order valence-electron chi connectivity index (χ0n) is 21.5. The molecule has 0 radical (unpaired) electrons. The topological polar surface area (TPSA) is 111 Å². The molecule has 3 fully saturated rings. The van der Waals surface area contributed by atoms with E-state index in [0.717, 1.165) is 31.6 Å². The Hall–Kier alpha value is -2.86. The molecule has 12 heteroatoms. The summed E-state index contributed by atoms with van der Waals surface area (Å²) in [7, 11) is -1.44. The number of alkyl halides is 2. The first-order valence-corrected chi connectivity index (χ1v) is 14.4. The van der Waals surface area contributed by atoms with Gasteiger partial charge in [0.2, 0.25) is 5.95 Å². The van der Waals surface area contributed by atoms with E-state index in [2.05, 4.69) is 24.9 Å². The molecule has 3 heterocycles. The van der Waals surface area contributed by atoms with E-state index in [0.29, 0.717) is 34.1 Å². The van der Waals surface area contributed by atoms with Crippen molar-refractivity contribution in [1.29, 1.82) is 0 Å². The number of carbonyl (C=O) groups is 1. The number of nitrogens with zero attached hydrogens (tertiary/aromatic N) is 4. The summed E-state index contributed by atoms with van der Waals surface area (Å²) >= 11 is 0. The van der Waals surface area contributed by atoms with Crippen LogP contribution in [0.3, 0.4) is 0 Å². The molecule has 2 aliphatic heterocycles. The van der Waals surface area contributed by atoms with E-state index in [1.165, 1.54) is 12.8 Å². The molecule has 9 nitrogen and oxygen atoms in total. The lowest BCUT2D eigenvalue weighted by molar-refractivity contribution is -0.0222. The van der Waals surface area contributed by atoms with Gasteiger partial charge in [-0.3, -0.25) is 4.79 Å². The molecule has 1 unspecified atom stereocenters. The Balaban J connectivity index is 1.37. The number of amides is 1. The number of hydrogen-bond donors (Lipinski definition) is 3. The number of nitrogens with one attached hydrogen (secondary N) is 2. The van der Waals surface area contributed by atoms with Gasteiger partial charge in [-0.1, -0.05) is 0 Å². The molecule has 1 amide bonds. The molecule has 0 bridgehead atoms. The van der Waals surface area contributed by atoms with Crippen molar-refractivity contribution >= 4 is 40.0 Å². The summed E-state index contributed by atoms with van der Waals surface area (Å²) in [6, 6.07) is 6.89. The van der Waals surface area contributed by atoms with Gasteiger partial charge >= 0.3 is 0 Å². The SMILES string of the molecule is Cc1cc(NC(=O)c2ccc(NS(=O)CCO)cc2N2CCC3(CC2)CC3)nc(N2CCC(F)(F)CC2)n1. The number of aliphatic hydroxyl groups excluding tert-OH is 1. The van der Waals surface area contributed by atoms with E-state index in [1.807, 2.05) is 6.07 Å². The molecule has 1 saturated carbocycles. The first-order valence-electron chi connectivity index (χ1n) is 13.1. The highest BCUT2D eigenvalue weighted by Crippen LogP contribution is 2.54. The number of piperidine rings is 2. The minimum Gasteiger partial charge on any atom is -0.395 e. The van der Waals surface area contributed by atoms with Crippen molar-refractivity contribution in [2.24, 2.45) is 5.41 Å². The minimum absolute atomic E-state index is 0.105. The molecular weight excluding hydrogens is 514 g/mol. The van der Waals surface area contributed by atoms with Crippen LogP contribution in [-0.2, 0) is 11.0 Å². The fraction of sp³-hybridized carbons (Fsp3) is 0.577. The smallest absolute Gasteiger partial charge is 0.258 e. The van der Waals surface area contributed by atoms with Crippen molar-refractivity contribution < 1.29 is 22.9 Å². The molecule has 5 rings (SSSR count). The largest absolute Gasteiger partial charge is 0.395 e. The van der Waals surface area contributed by atoms with Crippen LogP contribution in [0.25, 0.3) is 0 Å². The van der Waals surface area contributed by atoms with Crippen molar-refractivity contribution in [1.82, 2.24) is 9.97 Å². The summed E-state index contributed by atoms with van der Waals surface area (Å²) in [6.45, 7) is 3.55. The third kappa shape index (κ3) is 6.23. The second-order valence-corrected chi connectivity index (χ2v) is 11.9. The third-order valence-corrected chi connectivity index (χ3v) is 8.75. The van der Waals surface area contributed by atoms with Gasteiger partial charge in [-0.2, -0.15) is 4.98 Å². The fourth-order valence-electron chi connectivity index (χ4n) is 5.19. The predicted molar refractivity (Wildman–Crippen MR) is 144 cm³/mol. The maximum atomic E-state index is 13.6. The van der Waals surface area contributed by atoms with E-state index < -0.39 is 16.9 Å². The Morgan fingerprint density at radius 3 is 2.37 bits per heavy atom. The Labute approximate surface area is 223 Å². The fourth-order valence-corrected chi connectivity index (χ4v) is 5.85. The number of rotatable bonds is 8. The van der Waals surface area contributed by atoms with Gasteiger partial charge in [-0.15, -0.1) is 0 Å². The third-order valence-electron chi connectivity index (χ3n) is 7.73. The standard InChI is InChI=1S/C26H34F2N6O3S/c1-18-16-22(31-24(29-18)34-12-8-26(27,28)9-13-34)30-23(36)20-3-2-19(32-38(37)15-14-35)17-21(20)33-10-6-25(4-5-25)7-11-33/h2-3,16-17,32,35H,4-15H2,1H3,(H,29,30,31,36). The zero-order chi connectivity index (χ0) is 26.9. The van der Waals surface area contributed by atoms with Crippen molar-refractivity contribution in [3.63, 3.8) is 0 Å². The van der Waals surface area contributed by atoms with E-state index in [-0.39, 0.29) is 44.2 Å². The number of halogens is 2. The molecule has 3 N–H and O–H groups in total. The lowest BCUT2D eigenvalue weighted by Crippen LogP contribution is -2.40. The minimum atomic E-state index is -2.67. The maximum Gasteiger partial charge on any atom is 0.258 e. The highest BCUT2D eigenvalue weighted by atomic mass is 32.2. The van der Waals surface area contributed by atoms with Crippen LogP contribution < -0.4 is 19.8 Å². The van der Waals surface area contributed by atoms with Crippen LogP contribution in [0.4, 0.5) is 31.9 Å². The van der Waals surface area contributed by atoms with Gasteiger partial charge < -0.3 is 24.9 Å². The van der Waals surface area contributed by atoms with E-state index in [1.54, 1.807) is 30.0 Å². The Kier molecular flexibility index (Phi) is 7.54. The molecule has 3 aliphatic rings. The van der Waals surface area contributed by atoms with Crippen molar-refractivity contribution in [3.05, 3.63) is 35.5 Å². The van der Waals surface area contributed by atoms with Gasteiger partial charge in [-0.25, -0.2) is 18.0 Å². The molecule has 206 valence electrons. The number of hydrogen-bond acceptors (Lipinski definition) is 7. The molecule has 2 saturated heterocycles. The molecule has 1 atom stereocenters. The van der Waals surface area contributed by atoms with Crippen LogP contribution in [0.5, 0.6) is 0 Å². The highest BCUT2D eigenvalue weighted by Gasteiger charge is 2.44. The molecule has 38 heavy (non-hydrogen) atoms. The van der Waals surface area contributed by atoms with Crippen LogP contribution in [0.15, 0.2) is 24.3 Å². The Morgan fingerprint density at radius 1 is 1.03 bits per heavy atom. The number of aliphatic hydroxyl groups is 1. The van der Waals surface area contributed by atoms with Crippen LogP contribution in [-0.4, -0.2) is 69.7 Å². The van der Waals surface area contributed by atoms with Gasteiger partial charge in [0.05, 0.1) is 23.6 Å². The summed E-state index contributed by atoms with van der Waals surface area (Å²) in [4.78, 5) is 26.3. The number of aromatic nitrogens is 2. The van der Waals surface area contributed by atoms with Gasteiger partial charge in [0.1, 0.15) is 16.8 Å². The van der Waals surface area contributed by atoms with E-state index >= 15 is 0 Å². The second kappa shape index (κ2) is 10.7. The Bertz CT molecular complexity index is 1210. The second-order valence-electron chi connectivity index (χ2n) is 10.6. The molecule has 1 aliphatic carbocycles. The summed E-state index contributed by atoms with van der Waals surface area (Å²) < 4.78 is 42.3. The molecular formula is C26H34F2N6O3S. The molecule has 1 aromatic carbocycles. The quantitative estimate of drug-likeness (QED) is 0.461. The average Bonchev–Trinajstić information content (AvgIpc) is 3.62. The van der Waals surface area contributed by atoms with Crippen LogP contribution >= 0.6 is 0 Å². The lowest BCUT2D eigenvalue weighted by Gasteiger charge is -2.35. The zero-order valence-corrected chi connectivity index (χ0v) is 22.3. The van der Waals surface area contributed by atoms with Crippen molar-refractivity contribution in [2.45, 2.75) is 51.4 Å². The van der Waals surface area contributed by atoms with Gasteiger partial charge in [0.25, 0.3) is 11.8 Å².